The summed E-state index contributed by atoms with van der Waals surface area (Å²) in [5.41, 5.74) is 1.97. The van der Waals surface area contributed by atoms with Crippen LogP contribution in [0, 0.1) is 0 Å². The molecular formula is C11H22N2O6. The third-order valence-electron chi connectivity index (χ3n) is 1.93. The summed E-state index contributed by atoms with van der Waals surface area (Å²) in [6, 6.07) is 0. The molecule has 0 saturated heterocycles. The summed E-state index contributed by atoms with van der Waals surface area (Å²) in [6.07, 6.45) is 2.08. The van der Waals surface area contributed by atoms with Gasteiger partial charge in [0.1, 0.15) is 0 Å². The Morgan fingerprint density at radius 2 is 1.68 bits per heavy atom. The number of ether oxygens (including phenoxy) is 1. The molecule has 8 heteroatoms. The van der Waals surface area contributed by atoms with Crippen LogP contribution in [0.3, 0.4) is 0 Å². The standard InChI is InChI=1S/C6H12N2O3.C5H10O3/c7-8-5(9)3-1-2-4-6(10)11;1-2-3-4-8-5(6)7/h1-4,7H2,(H,8,9)(H,10,11);2-4H2,1H3,(H,6,7). The Morgan fingerprint density at radius 1 is 1.11 bits per heavy atom. The van der Waals surface area contributed by atoms with Crippen LogP contribution in [0.2, 0.25) is 0 Å². The van der Waals surface area contributed by atoms with Crippen LogP contribution in [0.15, 0.2) is 0 Å². The molecule has 0 fully saturated rings. The molecule has 0 aromatic carbocycles. The Bertz CT molecular complexity index is 270. The SMILES string of the molecule is CCCCOC(=O)O.NNC(=O)CCCCC(=O)O. The van der Waals surface area contributed by atoms with Crippen LogP contribution in [0.5, 0.6) is 0 Å². The van der Waals surface area contributed by atoms with Gasteiger partial charge in [-0.25, -0.2) is 10.6 Å². The summed E-state index contributed by atoms with van der Waals surface area (Å²) >= 11 is 0. The van der Waals surface area contributed by atoms with Gasteiger partial charge in [-0.2, -0.15) is 0 Å². The van der Waals surface area contributed by atoms with E-state index in [0.717, 1.165) is 12.8 Å². The van der Waals surface area contributed by atoms with Crippen LogP contribution in [0.4, 0.5) is 4.79 Å². The highest BCUT2D eigenvalue weighted by Gasteiger charge is 1.99. The second-order valence-electron chi connectivity index (χ2n) is 3.64. The number of nitrogens with two attached hydrogens (primary N) is 1. The Labute approximate surface area is 111 Å². The predicted octanol–water partition coefficient (Wildman–Crippen LogP) is 1.10. The third-order valence-corrected chi connectivity index (χ3v) is 1.93. The first kappa shape index (κ1) is 19.5. The molecule has 112 valence electrons. The minimum atomic E-state index is -1.18. The van der Waals surface area contributed by atoms with Crippen molar-refractivity contribution in [2.75, 3.05) is 6.61 Å². The zero-order valence-corrected chi connectivity index (χ0v) is 11.1. The molecule has 0 rings (SSSR count). The van der Waals surface area contributed by atoms with Crippen LogP contribution >= 0.6 is 0 Å². The Morgan fingerprint density at radius 3 is 2.11 bits per heavy atom. The number of hydrazine groups is 1. The van der Waals surface area contributed by atoms with Gasteiger partial charge in [-0.15, -0.1) is 0 Å². The number of carbonyl (C=O) groups is 3. The van der Waals surface area contributed by atoms with E-state index in [4.69, 9.17) is 16.1 Å². The lowest BCUT2D eigenvalue weighted by atomic mass is 10.2. The molecule has 0 spiro atoms. The van der Waals surface area contributed by atoms with E-state index in [1.165, 1.54) is 0 Å². The van der Waals surface area contributed by atoms with E-state index in [-0.39, 0.29) is 12.3 Å². The van der Waals surface area contributed by atoms with Gasteiger partial charge in [-0.05, 0) is 19.3 Å². The summed E-state index contributed by atoms with van der Waals surface area (Å²) in [7, 11) is 0. The quantitative estimate of drug-likeness (QED) is 0.171. The van der Waals surface area contributed by atoms with Crippen molar-refractivity contribution < 1.29 is 29.3 Å². The summed E-state index contributed by atoms with van der Waals surface area (Å²) in [6.45, 7) is 2.30. The number of rotatable bonds is 8. The molecule has 0 aliphatic carbocycles. The van der Waals surface area contributed by atoms with Gasteiger partial charge in [0.25, 0.3) is 0 Å². The number of hydrogen-bond acceptors (Lipinski definition) is 5. The van der Waals surface area contributed by atoms with E-state index in [9.17, 15) is 14.4 Å². The molecule has 0 atom stereocenters. The topological polar surface area (TPSA) is 139 Å². The van der Waals surface area contributed by atoms with Crippen LogP contribution < -0.4 is 11.3 Å². The van der Waals surface area contributed by atoms with Crippen molar-refractivity contribution >= 4 is 18.0 Å². The zero-order chi connectivity index (χ0) is 15.1. The second-order valence-corrected chi connectivity index (χ2v) is 3.64. The lowest BCUT2D eigenvalue weighted by Crippen LogP contribution is -2.29. The molecule has 0 aliphatic heterocycles. The molecule has 0 aromatic rings. The van der Waals surface area contributed by atoms with Crippen molar-refractivity contribution in [2.45, 2.75) is 45.4 Å². The summed E-state index contributed by atoms with van der Waals surface area (Å²) in [5.74, 6) is 3.71. The number of carboxylic acid groups (broad SMARTS) is 2. The molecule has 0 aromatic heterocycles. The molecule has 0 saturated carbocycles. The van der Waals surface area contributed by atoms with Gasteiger partial charge < -0.3 is 14.9 Å². The number of carboxylic acids is 1. The van der Waals surface area contributed by atoms with Gasteiger partial charge in [0.15, 0.2) is 0 Å². The fraction of sp³-hybridized carbons (Fsp3) is 0.727. The normalized spacial score (nSPS) is 8.95. The van der Waals surface area contributed by atoms with Crippen molar-refractivity contribution in [3.8, 4) is 0 Å². The van der Waals surface area contributed by atoms with Gasteiger partial charge in [0, 0.05) is 12.8 Å². The Hall–Kier alpha value is -1.83. The number of aliphatic carboxylic acids is 1. The molecule has 0 aliphatic rings. The van der Waals surface area contributed by atoms with Gasteiger partial charge in [0.05, 0.1) is 6.61 Å². The molecule has 0 heterocycles. The lowest BCUT2D eigenvalue weighted by Gasteiger charge is -1.96. The van der Waals surface area contributed by atoms with E-state index in [1.807, 2.05) is 12.3 Å². The van der Waals surface area contributed by atoms with Crippen LogP contribution in [-0.2, 0) is 14.3 Å². The van der Waals surface area contributed by atoms with Crippen molar-refractivity contribution in [1.82, 2.24) is 5.43 Å². The highest BCUT2D eigenvalue weighted by molar-refractivity contribution is 5.75. The average molecular weight is 278 g/mol. The number of amides is 1. The van der Waals surface area contributed by atoms with E-state index in [1.54, 1.807) is 0 Å². The van der Waals surface area contributed by atoms with E-state index >= 15 is 0 Å². The Kier molecular flexibility index (Phi) is 14.6. The molecule has 8 nitrogen and oxygen atoms in total. The number of carbonyl (C=O) groups excluding carboxylic acids is 1. The van der Waals surface area contributed by atoms with Crippen molar-refractivity contribution in [2.24, 2.45) is 5.84 Å². The van der Waals surface area contributed by atoms with E-state index in [0.29, 0.717) is 25.9 Å². The molecule has 0 radical (unpaired) electrons. The molecular weight excluding hydrogens is 256 g/mol. The van der Waals surface area contributed by atoms with E-state index in [2.05, 4.69) is 4.74 Å². The lowest BCUT2D eigenvalue weighted by molar-refractivity contribution is -0.137. The first-order valence-electron chi connectivity index (χ1n) is 6.01. The zero-order valence-electron chi connectivity index (χ0n) is 11.1. The van der Waals surface area contributed by atoms with Crippen molar-refractivity contribution in [1.29, 1.82) is 0 Å². The minimum Gasteiger partial charge on any atom is -0.481 e. The van der Waals surface area contributed by atoms with Gasteiger partial charge in [-0.3, -0.25) is 15.0 Å². The highest BCUT2D eigenvalue weighted by atomic mass is 16.7. The molecule has 19 heavy (non-hydrogen) atoms. The summed E-state index contributed by atoms with van der Waals surface area (Å²) in [4.78, 5) is 30.1. The van der Waals surface area contributed by atoms with Gasteiger partial charge >= 0.3 is 12.1 Å². The largest absolute Gasteiger partial charge is 0.505 e. The molecule has 0 unspecified atom stereocenters. The maximum atomic E-state index is 10.5. The first-order chi connectivity index (χ1) is 8.93. The average Bonchev–Trinajstić information content (AvgIpc) is 2.35. The first-order valence-corrected chi connectivity index (χ1v) is 6.01. The minimum absolute atomic E-state index is 0.109. The molecule has 0 bridgehead atoms. The van der Waals surface area contributed by atoms with Crippen molar-refractivity contribution in [3.05, 3.63) is 0 Å². The van der Waals surface area contributed by atoms with E-state index < -0.39 is 12.1 Å². The van der Waals surface area contributed by atoms with Gasteiger partial charge in [-0.1, -0.05) is 13.3 Å². The third kappa shape index (κ3) is 21.9. The van der Waals surface area contributed by atoms with Crippen LogP contribution in [0.25, 0.3) is 0 Å². The van der Waals surface area contributed by atoms with Crippen LogP contribution in [-0.4, -0.2) is 34.9 Å². The maximum absolute atomic E-state index is 10.5. The highest BCUT2D eigenvalue weighted by Crippen LogP contribution is 1.98. The summed E-state index contributed by atoms with van der Waals surface area (Å²) < 4.78 is 4.20. The second kappa shape index (κ2) is 14.2. The Balaban J connectivity index is 0. The number of hydrogen-bond donors (Lipinski definition) is 4. The molecule has 5 N–H and O–H groups in total. The maximum Gasteiger partial charge on any atom is 0.505 e. The van der Waals surface area contributed by atoms with Gasteiger partial charge in [0.2, 0.25) is 5.91 Å². The fourth-order valence-corrected chi connectivity index (χ4v) is 0.938. The molecule has 1 amide bonds. The number of nitrogens with one attached hydrogen (secondary N) is 1. The van der Waals surface area contributed by atoms with Crippen molar-refractivity contribution in [3.63, 3.8) is 0 Å². The smallest absolute Gasteiger partial charge is 0.481 e. The summed E-state index contributed by atoms with van der Waals surface area (Å²) in [5, 5.41) is 16.1. The number of unbranched alkanes of at least 4 members (excludes halogenated alkanes) is 2. The predicted molar refractivity (Wildman–Crippen MR) is 67.3 cm³/mol. The monoisotopic (exact) mass is 278 g/mol. The van der Waals surface area contributed by atoms with Crippen LogP contribution in [0.1, 0.15) is 45.4 Å². The fourth-order valence-electron chi connectivity index (χ4n) is 0.938.